The van der Waals surface area contributed by atoms with E-state index in [0.29, 0.717) is 12.0 Å². The highest BCUT2D eigenvalue weighted by molar-refractivity contribution is 7.98. The van der Waals surface area contributed by atoms with Crippen molar-refractivity contribution in [1.82, 2.24) is 10.2 Å². The maximum Gasteiger partial charge on any atom is 0.0237 e. The van der Waals surface area contributed by atoms with Crippen LogP contribution >= 0.6 is 11.8 Å². The fourth-order valence-electron chi connectivity index (χ4n) is 2.17. The van der Waals surface area contributed by atoms with Gasteiger partial charge >= 0.3 is 0 Å². The lowest BCUT2D eigenvalue weighted by molar-refractivity contribution is 0.269. The molecule has 0 aliphatic carbocycles. The van der Waals surface area contributed by atoms with Gasteiger partial charge in [-0.3, -0.25) is 4.90 Å². The minimum atomic E-state index is 0.613. The van der Waals surface area contributed by atoms with Crippen molar-refractivity contribution in [3.05, 3.63) is 35.4 Å². The molecule has 0 saturated carbocycles. The highest BCUT2D eigenvalue weighted by Gasteiger charge is 2.11. The predicted molar refractivity (Wildman–Crippen MR) is 92.3 cm³/mol. The largest absolute Gasteiger partial charge is 0.312 e. The van der Waals surface area contributed by atoms with Gasteiger partial charge in [-0.05, 0) is 43.8 Å². The molecule has 20 heavy (non-hydrogen) atoms. The SMILES string of the molecule is CSCC(C)N(C)Cc1ccccc1CNCC(C)C. The first-order valence-corrected chi connectivity index (χ1v) is 8.90. The molecule has 0 spiro atoms. The summed E-state index contributed by atoms with van der Waals surface area (Å²) in [6.45, 7) is 9.87. The molecular formula is C17H30N2S. The molecule has 1 aromatic rings. The van der Waals surface area contributed by atoms with Crippen molar-refractivity contribution in [2.24, 2.45) is 5.92 Å². The lowest BCUT2D eigenvalue weighted by atomic mass is 10.1. The molecule has 0 saturated heterocycles. The molecule has 1 aromatic carbocycles. The lowest BCUT2D eigenvalue weighted by Crippen LogP contribution is -2.31. The van der Waals surface area contributed by atoms with Crippen LogP contribution in [0.1, 0.15) is 31.9 Å². The molecule has 114 valence electrons. The van der Waals surface area contributed by atoms with Gasteiger partial charge < -0.3 is 5.32 Å². The van der Waals surface area contributed by atoms with Crippen LogP contribution in [0.4, 0.5) is 0 Å². The quantitative estimate of drug-likeness (QED) is 0.749. The number of hydrogen-bond acceptors (Lipinski definition) is 3. The van der Waals surface area contributed by atoms with Gasteiger partial charge in [0.2, 0.25) is 0 Å². The van der Waals surface area contributed by atoms with E-state index in [1.165, 1.54) is 16.9 Å². The molecule has 0 aliphatic heterocycles. The van der Waals surface area contributed by atoms with E-state index in [-0.39, 0.29) is 0 Å². The van der Waals surface area contributed by atoms with E-state index in [1.807, 2.05) is 11.8 Å². The molecule has 0 aromatic heterocycles. The average molecular weight is 295 g/mol. The third-order valence-corrected chi connectivity index (χ3v) is 4.38. The second-order valence-electron chi connectivity index (χ2n) is 6.01. The normalized spacial score (nSPS) is 13.2. The molecule has 0 radical (unpaired) electrons. The summed E-state index contributed by atoms with van der Waals surface area (Å²) < 4.78 is 0. The zero-order chi connectivity index (χ0) is 15.0. The summed E-state index contributed by atoms with van der Waals surface area (Å²) >= 11 is 1.92. The number of benzene rings is 1. The van der Waals surface area contributed by atoms with Crippen LogP contribution in [0.3, 0.4) is 0 Å². The van der Waals surface area contributed by atoms with Crippen molar-refractivity contribution in [3.8, 4) is 0 Å². The van der Waals surface area contributed by atoms with Gasteiger partial charge in [0.15, 0.2) is 0 Å². The molecule has 1 atom stereocenters. The van der Waals surface area contributed by atoms with E-state index in [0.717, 1.165) is 19.6 Å². The Balaban J connectivity index is 2.60. The minimum Gasteiger partial charge on any atom is -0.312 e. The molecule has 2 nitrogen and oxygen atoms in total. The van der Waals surface area contributed by atoms with Crippen LogP contribution in [0, 0.1) is 5.92 Å². The number of nitrogens with zero attached hydrogens (tertiary/aromatic N) is 1. The van der Waals surface area contributed by atoms with Crippen molar-refractivity contribution < 1.29 is 0 Å². The van der Waals surface area contributed by atoms with E-state index >= 15 is 0 Å². The van der Waals surface area contributed by atoms with E-state index in [2.05, 4.69) is 68.6 Å². The first-order chi connectivity index (χ1) is 9.54. The van der Waals surface area contributed by atoms with E-state index in [9.17, 15) is 0 Å². The highest BCUT2D eigenvalue weighted by atomic mass is 32.2. The van der Waals surface area contributed by atoms with Crippen molar-refractivity contribution >= 4 is 11.8 Å². The van der Waals surface area contributed by atoms with Gasteiger partial charge in [-0.1, -0.05) is 38.1 Å². The number of nitrogens with one attached hydrogen (secondary N) is 1. The van der Waals surface area contributed by atoms with Gasteiger partial charge in [-0.15, -0.1) is 0 Å². The molecule has 0 bridgehead atoms. The molecule has 1 unspecified atom stereocenters. The Labute approximate surface area is 129 Å². The average Bonchev–Trinajstić information content (AvgIpc) is 2.40. The van der Waals surface area contributed by atoms with Crippen LogP contribution in [-0.2, 0) is 13.1 Å². The Bertz CT molecular complexity index is 379. The van der Waals surface area contributed by atoms with Gasteiger partial charge in [-0.25, -0.2) is 0 Å². The molecule has 3 heteroatoms. The molecule has 0 aliphatic rings. The van der Waals surface area contributed by atoms with Crippen molar-refractivity contribution in [2.75, 3.05) is 25.6 Å². The Morgan fingerprint density at radius 1 is 1.15 bits per heavy atom. The summed E-state index contributed by atoms with van der Waals surface area (Å²) in [5.74, 6) is 1.89. The Hall–Kier alpha value is -0.510. The van der Waals surface area contributed by atoms with Gasteiger partial charge in [0.1, 0.15) is 0 Å². The Kier molecular flexibility index (Phi) is 8.27. The van der Waals surface area contributed by atoms with E-state index < -0.39 is 0 Å². The second-order valence-corrected chi connectivity index (χ2v) is 6.92. The molecular weight excluding hydrogens is 264 g/mol. The maximum absolute atomic E-state index is 3.55. The molecule has 0 heterocycles. The zero-order valence-corrected chi connectivity index (χ0v) is 14.5. The van der Waals surface area contributed by atoms with Crippen LogP contribution in [-0.4, -0.2) is 36.5 Å². The van der Waals surface area contributed by atoms with Crippen LogP contribution in [0.5, 0.6) is 0 Å². The topological polar surface area (TPSA) is 15.3 Å². The predicted octanol–water partition coefficient (Wildman–Crippen LogP) is 3.62. The molecule has 1 N–H and O–H groups in total. The third kappa shape index (κ3) is 6.29. The van der Waals surface area contributed by atoms with Crippen LogP contribution in [0.25, 0.3) is 0 Å². The summed E-state index contributed by atoms with van der Waals surface area (Å²) in [5, 5.41) is 3.55. The van der Waals surface area contributed by atoms with E-state index in [1.54, 1.807) is 0 Å². The van der Waals surface area contributed by atoms with Crippen molar-refractivity contribution in [2.45, 2.75) is 39.9 Å². The minimum absolute atomic E-state index is 0.613. The fourth-order valence-corrected chi connectivity index (χ4v) is 2.91. The number of hydrogen-bond donors (Lipinski definition) is 1. The van der Waals surface area contributed by atoms with Crippen LogP contribution < -0.4 is 5.32 Å². The zero-order valence-electron chi connectivity index (χ0n) is 13.6. The lowest BCUT2D eigenvalue weighted by Gasteiger charge is -2.25. The standard InChI is InChI=1S/C17H30N2S/c1-14(2)10-18-11-16-8-6-7-9-17(16)12-19(4)15(3)13-20-5/h6-9,14-15,18H,10-13H2,1-5H3. The molecule has 0 amide bonds. The molecule has 1 rings (SSSR count). The van der Waals surface area contributed by atoms with Gasteiger partial charge in [0.25, 0.3) is 0 Å². The maximum atomic E-state index is 3.55. The van der Waals surface area contributed by atoms with E-state index in [4.69, 9.17) is 0 Å². The number of rotatable bonds is 9. The Morgan fingerprint density at radius 3 is 2.40 bits per heavy atom. The summed E-state index contributed by atoms with van der Waals surface area (Å²) in [6.07, 6.45) is 2.17. The molecule has 0 fully saturated rings. The highest BCUT2D eigenvalue weighted by Crippen LogP contribution is 2.14. The monoisotopic (exact) mass is 294 g/mol. The summed E-state index contributed by atoms with van der Waals surface area (Å²) in [4.78, 5) is 2.44. The van der Waals surface area contributed by atoms with Crippen LogP contribution in [0.15, 0.2) is 24.3 Å². The summed E-state index contributed by atoms with van der Waals surface area (Å²) in [6, 6.07) is 9.40. The fraction of sp³-hybridized carbons (Fsp3) is 0.647. The third-order valence-electron chi connectivity index (χ3n) is 3.57. The Morgan fingerprint density at radius 2 is 1.80 bits per heavy atom. The first-order valence-electron chi connectivity index (χ1n) is 7.51. The van der Waals surface area contributed by atoms with Gasteiger partial charge in [0, 0.05) is 24.9 Å². The summed E-state index contributed by atoms with van der Waals surface area (Å²) in [7, 11) is 2.22. The van der Waals surface area contributed by atoms with Crippen LogP contribution in [0.2, 0.25) is 0 Å². The second kappa shape index (κ2) is 9.43. The van der Waals surface area contributed by atoms with Crippen molar-refractivity contribution in [1.29, 1.82) is 0 Å². The van der Waals surface area contributed by atoms with Gasteiger partial charge in [-0.2, -0.15) is 11.8 Å². The summed E-state index contributed by atoms with van der Waals surface area (Å²) in [5.41, 5.74) is 2.87. The van der Waals surface area contributed by atoms with Crippen molar-refractivity contribution in [3.63, 3.8) is 0 Å². The first kappa shape index (κ1) is 17.5. The smallest absolute Gasteiger partial charge is 0.0237 e. The van der Waals surface area contributed by atoms with Gasteiger partial charge in [0.05, 0.1) is 0 Å². The number of thioether (sulfide) groups is 1.